The molecule has 25 heavy (non-hydrogen) atoms. The average Bonchev–Trinajstić information content (AvgIpc) is 2.63. The number of carbonyl (C=O) groups excluding carboxylic acids is 1. The van der Waals surface area contributed by atoms with Crippen molar-refractivity contribution in [2.24, 2.45) is 0 Å². The number of carboxylic acids is 1. The molecule has 1 N–H and O–H groups in total. The van der Waals surface area contributed by atoms with E-state index in [9.17, 15) is 14.7 Å². The van der Waals surface area contributed by atoms with E-state index in [-0.39, 0.29) is 5.91 Å². The van der Waals surface area contributed by atoms with Crippen LogP contribution in [0.15, 0.2) is 29.3 Å². The number of hydrogen-bond donors (Lipinski definition) is 1. The van der Waals surface area contributed by atoms with Crippen molar-refractivity contribution in [3.8, 4) is 0 Å². The lowest BCUT2D eigenvalue weighted by Gasteiger charge is -2.37. The maximum absolute atomic E-state index is 12.8. The van der Waals surface area contributed by atoms with Crippen molar-refractivity contribution in [2.45, 2.75) is 32.6 Å². The van der Waals surface area contributed by atoms with Crippen molar-refractivity contribution in [2.75, 3.05) is 31.1 Å². The Balaban J connectivity index is 1.70. The van der Waals surface area contributed by atoms with Crippen LogP contribution in [0, 0.1) is 6.92 Å². The van der Waals surface area contributed by atoms with Crippen LogP contribution in [-0.2, 0) is 9.59 Å². The predicted octanol–water partition coefficient (Wildman–Crippen LogP) is 3.25. The van der Waals surface area contributed by atoms with Crippen LogP contribution < -0.4 is 4.90 Å². The van der Waals surface area contributed by atoms with Crippen LogP contribution in [0.2, 0.25) is 5.02 Å². The third kappa shape index (κ3) is 3.82. The van der Waals surface area contributed by atoms with E-state index in [4.69, 9.17) is 11.6 Å². The van der Waals surface area contributed by atoms with Gasteiger partial charge in [0.25, 0.3) is 0 Å². The summed E-state index contributed by atoms with van der Waals surface area (Å²) in [5.41, 5.74) is 3.07. The van der Waals surface area contributed by atoms with E-state index in [0.29, 0.717) is 42.1 Å². The molecule has 0 spiro atoms. The molecule has 1 aromatic rings. The second-order valence-corrected chi connectivity index (χ2v) is 7.12. The Kier molecular flexibility index (Phi) is 5.33. The van der Waals surface area contributed by atoms with Crippen molar-refractivity contribution < 1.29 is 14.7 Å². The van der Waals surface area contributed by atoms with Gasteiger partial charge in [-0.15, -0.1) is 0 Å². The zero-order chi connectivity index (χ0) is 18.0. The van der Waals surface area contributed by atoms with Gasteiger partial charge in [0, 0.05) is 48.0 Å². The Morgan fingerprint density at radius 3 is 2.32 bits per heavy atom. The monoisotopic (exact) mass is 362 g/mol. The highest BCUT2D eigenvalue weighted by atomic mass is 35.5. The molecule has 2 aliphatic rings. The van der Waals surface area contributed by atoms with Gasteiger partial charge in [-0.2, -0.15) is 0 Å². The lowest BCUT2D eigenvalue weighted by Crippen LogP contribution is -2.49. The van der Waals surface area contributed by atoms with Crippen molar-refractivity contribution in [3.63, 3.8) is 0 Å². The molecule has 5 nitrogen and oxygen atoms in total. The third-order valence-electron chi connectivity index (χ3n) is 5.06. The number of halogens is 1. The molecule has 0 radical (unpaired) electrons. The van der Waals surface area contributed by atoms with Gasteiger partial charge in [0.05, 0.1) is 0 Å². The van der Waals surface area contributed by atoms with E-state index in [1.807, 2.05) is 18.2 Å². The summed E-state index contributed by atoms with van der Waals surface area (Å²) < 4.78 is 0. The molecule has 1 aromatic carbocycles. The normalized spacial score (nSPS) is 18.5. The van der Waals surface area contributed by atoms with E-state index in [2.05, 4.69) is 11.8 Å². The summed E-state index contributed by atoms with van der Waals surface area (Å²) in [6, 6.07) is 5.84. The fourth-order valence-corrected chi connectivity index (χ4v) is 3.81. The number of amides is 1. The summed E-state index contributed by atoms with van der Waals surface area (Å²) in [6.45, 7) is 4.70. The van der Waals surface area contributed by atoms with Crippen LogP contribution in [-0.4, -0.2) is 48.1 Å². The lowest BCUT2D eigenvalue weighted by molar-refractivity contribution is -0.134. The molecule has 0 bridgehead atoms. The highest BCUT2D eigenvalue weighted by Gasteiger charge is 2.29. The predicted molar refractivity (Wildman–Crippen MR) is 98.1 cm³/mol. The van der Waals surface area contributed by atoms with Crippen LogP contribution in [0.3, 0.4) is 0 Å². The van der Waals surface area contributed by atoms with E-state index < -0.39 is 5.97 Å². The fraction of sp³-hybridized carbons (Fsp3) is 0.474. The number of rotatable bonds is 3. The van der Waals surface area contributed by atoms with Crippen LogP contribution in [0.5, 0.6) is 0 Å². The molecule has 1 aliphatic carbocycles. The second-order valence-electron chi connectivity index (χ2n) is 6.68. The van der Waals surface area contributed by atoms with Crippen LogP contribution >= 0.6 is 11.6 Å². The van der Waals surface area contributed by atoms with Gasteiger partial charge < -0.3 is 14.9 Å². The molecule has 1 fully saturated rings. The molecule has 0 atom stereocenters. The fourth-order valence-electron chi connectivity index (χ4n) is 3.64. The first-order chi connectivity index (χ1) is 12.0. The molecule has 134 valence electrons. The Morgan fingerprint density at radius 2 is 1.68 bits per heavy atom. The molecule has 1 amide bonds. The zero-order valence-corrected chi connectivity index (χ0v) is 15.2. The minimum absolute atomic E-state index is 0.0976. The molecule has 0 aromatic heterocycles. The zero-order valence-electron chi connectivity index (χ0n) is 14.4. The molecule has 0 unspecified atom stereocenters. The topological polar surface area (TPSA) is 60.9 Å². The van der Waals surface area contributed by atoms with Gasteiger partial charge in [0.2, 0.25) is 5.91 Å². The smallest absolute Gasteiger partial charge is 0.332 e. The molecule has 3 rings (SSSR count). The van der Waals surface area contributed by atoms with Gasteiger partial charge in [0.1, 0.15) is 0 Å². The van der Waals surface area contributed by atoms with Gasteiger partial charge >= 0.3 is 5.97 Å². The van der Waals surface area contributed by atoms with Gasteiger partial charge in [0.15, 0.2) is 0 Å². The Hall–Kier alpha value is -2.01. The largest absolute Gasteiger partial charge is 0.478 e. The van der Waals surface area contributed by atoms with Crippen LogP contribution in [0.25, 0.3) is 0 Å². The molecule has 1 aliphatic heterocycles. The first-order valence-electron chi connectivity index (χ1n) is 8.73. The highest BCUT2D eigenvalue weighted by Crippen LogP contribution is 2.28. The van der Waals surface area contributed by atoms with Gasteiger partial charge in [-0.3, -0.25) is 4.79 Å². The summed E-state index contributed by atoms with van der Waals surface area (Å²) >= 11 is 6.11. The Bertz CT molecular complexity index is 721. The highest BCUT2D eigenvalue weighted by molar-refractivity contribution is 6.30. The summed E-state index contributed by atoms with van der Waals surface area (Å²) in [4.78, 5) is 28.2. The number of nitrogens with zero attached hydrogens (tertiary/aromatic N) is 2. The van der Waals surface area contributed by atoms with E-state index >= 15 is 0 Å². The first kappa shape index (κ1) is 17.8. The SMILES string of the molecule is Cc1ccc(Cl)cc1N1CCN(C(=O)C2=C(C(=O)O)CCCC2)CC1. The molecule has 0 saturated carbocycles. The van der Waals surface area contributed by atoms with E-state index in [0.717, 1.165) is 37.2 Å². The van der Waals surface area contributed by atoms with Gasteiger partial charge in [-0.1, -0.05) is 17.7 Å². The quantitative estimate of drug-likeness (QED) is 0.896. The summed E-state index contributed by atoms with van der Waals surface area (Å²) in [5.74, 6) is -1.05. The maximum atomic E-state index is 12.8. The van der Waals surface area contributed by atoms with Crippen molar-refractivity contribution in [1.29, 1.82) is 0 Å². The molecular formula is C19H23ClN2O3. The molecule has 1 saturated heterocycles. The number of carbonyl (C=O) groups is 2. The molecular weight excluding hydrogens is 340 g/mol. The molecule has 6 heteroatoms. The number of aliphatic carboxylic acids is 1. The van der Waals surface area contributed by atoms with Crippen molar-refractivity contribution in [3.05, 3.63) is 39.9 Å². The number of piperazine rings is 1. The maximum Gasteiger partial charge on any atom is 0.332 e. The summed E-state index contributed by atoms with van der Waals surface area (Å²) in [7, 11) is 0. The van der Waals surface area contributed by atoms with Crippen molar-refractivity contribution >= 4 is 29.2 Å². The number of aryl methyl sites for hydroxylation is 1. The van der Waals surface area contributed by atoms with E-state index in [1.54, 1.807) is 4.90 Å². The van der Waals surface area contributed by atoms with Gasteiger partial charge in [-0.25, -0.2) is 4.79 Å². The Labute approximate surface area is 152 Å². The second kappa shape index (κ2) is 7.48. The minimum Gasteiger partial charge on any atom is -0.478 e. The lowest BCUT2D eigenvalue weighted by atomic mass is 9.90. The standard InChI is InChI=1S/C19H23ClN2O3/c1-13-6-7-14(20)12-17(13)21-8-10-22(11-9-21)18(23)15-4-2-3-5-16(15)19(24)25/h6-7,12H,2-5,8-11H2,1H3,(H,24,25). The first-order valence-corrected chi connectivity index (χ1v) is 9.11. The Morgan fingerprint density at radius 1 is 1.04 bits per heavy atom. The molecule has 1 heterocycles. The number of hydrogen-bond acceptors (Lipinski definition) is 3. The number of anilines is 1. The van der Waals surface area contributed by atoms with Crippen LogP contribution in [0.4, 0.5) is 5.69 Å². The summed E-state index contributed by atoms with van der Waals surface area (Å²) in [5, 5.41) is 10.1. The van der Waals surface area contributed by atoms with Crippen LogP contribution in [0.1, 0.15) is 31.2 Å². The summed E-state index contributed by atoms with van der Waals surface area (Å²) in [6.07, 6.45) is 2.81. The number of carboxylic acid groups (broad SMARTS) is 1. The third-order valence-corrected chi connectivity index (χ3v) is 5.30. The number of benzene rings is 1. The minimum atomic E-state index is -0.948. The van der Waals surface area contributed by atoms with Gasteiger partial charge in [-0.05, 0) is 50.3 Å². The average molecular weight is 363 g/mol. The van der Waals surface area contributed by atoms with Crippen molar-refractivity contribution in [1.82, 2.24) is 4.90 Å². The van der Waals surface area contributed by atoms with E-state index in [1.165, 1.54) is 0 Å².